The molecule has 4 rings (SSSR count). The topological polar surface area (TPSA) is 49.3 Å². The first-order valence-corrected chi connectivity index (χ1v) is 8.00. The Morgan fingerprint density at radius 2 is 1.96 bits per heavy atom. The molecule has 0 saturated heterocycles. The molecule has 0 amide bonds. The fraction of sp³-hybridized carbons (Fsp3) is 0.250. The first-order valence-electron chi connectivity index (χ1n) is 8.00. The standard InChI is InChI=1S/C20H19NO2/c1-12-5-7-13(8-6-12)19-16-4-2-3-15(16)17-11-14(20(22)23)9-10-18(17)21-19/h2-3,5-11,15-16,19,21H,4H2,1H3,(H,22,23)/t15-,16-,19-/m1/s1. The van der Waals surface area contributed by atoms with E-state index in [9.17, 15) is 9.90 Å². The molecule has 3 nitrogen and oxygen atoms in total. The van der Waals surface area contributed by atoms with Crippen LogP contribution in [0, 0.1) is 12.8 Å². The quantitative estimate of drug-likeness (QED) is 0.802. The molecule has 3 atom stereocenters. The van der Waals surface area contributed by atoms with Crippen LogP contribution in [0.4, 0.5) is 5.69 Å². The molecule has 23 heavy (non-hydrogen) atoms. The highest BCUT2D eigenvalue weighted by Gasteiger charge is 2.38. The smallest absolute Gasteiger partial charge is 0.335 e. The Kier molecular flexibility index (Phi) is 3.22. The SMILES string of the molecule is Cc1ccc([C@H]2Nc3ccc(C(=O)O)cc3[C@@H]3C=CC[C@@H]23)cc1. The summed E-state index contributed by atoms with van der Waals surface area (Å²) in [6.07, 6.45) is 5.48. The van der Waals surface area contributed by atoms with Gasteiger partial charge < -0.3 is 10.4 Å². The van der Waals surface area contributed by atoms with E-state index < -0.39 is 5.97 Å². The third-order valence-electron chi connectivity index (χ3n) is 5.05. The monoisotopic (exact) mass is 305 g/mol. The van der Waals surface area contributed by atoms with E-state index in [2.05, 4.69) is 48.7 Å². The van der Waals surface area contributed by atoms with Crippen molar-refractivity contribution < 1.29 is 9.90 Å². The van der Waals surface area contributed by atoms with Gasteiger partial charge in [-0.05, 0) is 48.6 Å². The van der Waals surface area contributed by atoms with Gasteiger partial charge in [0.15, 0.2) is 0 Å². The Bertz CT molecular complexity index is 792. The van der Waals surface area contributed by atoms with Crippen LogP contribution >= 0.6 is 0 Å². The number of fused-ring (bicyclic) bond motifs is 3. The predicted molar refractivity (Wildman–Crippen MR) is 90.9 cm³/mol. The second kappa shape index (κ2) is 5.27. The number of nitrogens with one attached hydrogen (secondary N) is 1. The maximum Gasteiger partial charge on any atom is 0.335 e. The van der Waals surface area contributed by atoms with Crippen molar-refractivity contribution in [2.45, 2.75) is 25.3 Å². The maximum absolute atomic E-state index is 11.3. The van der Waals surface area contributed by atoms with E-state index in [1.807, 2.05) is 12.1 Å². The highest BCUT2D eigenvalue weighted by atomic mass is 16.4. The molecule has 2 aliphatic rings. The summed E-state index contributed by atoms with van der Waals surface area (Å²) in [7, 11) is 0. The van der Waals surface area contributed by atoms with Gasteiger partial charge in [-0.2, -0.15) is 0 Å². The first kappa shape index (κ1) is 14.1. The lowest BCUT2D eigenvalue weighted by atomic mass is 9.76. The van der Waals surface area contributed by atoms with Gasteiger partial charge in [0.2, 0.25) is 0 Å². The lowest BCUT2D eigenvalue weighted by molar-refractivity contribution is 0.0696. The normalized spacial score (nSPS) is 24.7. The molecule has 2 aromatic rings. The number of allylic oxidation sites excluding steroid dienone is 2. The number of carboxylic acid groups (broad SMARTS) is 1. The van der Waals surface area contributed by atoms with Gasteiger partial charge in [-0.25, -0.2) is 4.79 Å². The van der Waals surface area contributed by atoms with Crippen molar-refractivity contribution in [1.82, 2.24) is 0 Å². The van der Waals surface area contributed by atoms with Crippen molar-refractivity contribution in [2.24, 2.45) is 5.92 Å². The van der Waals surface area contributed by atoms with Gasteiger partial charge in [-0.3, -0.25) is 0 Å². The minimum Gasteiger partial charge on any atom is -0.478 e. The minimum atomic E-state index is -0.869. The average Bonchev–Trinajstić information content (AvgIpc) is 3.04. The number of hydrogen-bond acceptors (Lipinski definition) is 2. The number of benzene rings is 2. The Hall–Kier alpha value is -2.55. The molecule has 1 aliphatic carbocycles. The van der Waals surface area contributed by atoms with Crippen LogP contribution in [0.25, 0.3) is 0 Å². The third-order valence-corrected chi connectivity index (χ3v) is 5.05. The molecule has 0 spiro atoms. The van der Waals surface area contributed by atoms with E-state index in [4.69, 9.17) is 0 Å². The molecule has 0 fully saturated rings. The lowest BCUT2D eigenvalue weighted by Gasteiger charge is -2.37. The van der Waals surface area contributed by atoms with Crippen molar-refractivity contribution in [3.05, 3.63) is 76.9 Å². The zero-order chi connectivity index (χ0) is 16.0. The van der Waals surface area contributed by atoms with Crippen LogP contribution in [0.2, 0.25) is 0 Å². The average molecular weight is 305 g/mol. The van der Waals surface area contributed by atoms with Crippen LogP contribution in [0.5, 0.6) is 0 Å². The van der Waals surface area contributed by atoms with Crippen LogP contribution in [-0.4, -0.2) is 11.1 Å². The Morgan fingerprint density at radius 1 is 1.17 bits per heavy atom. The van der Waals surface area contributed by atoms with Crippen molar-refractivity contribution in [3.8, 4) is 0 Å². The number of anilines is 1. The second-order valence-electron chi connectivity index (χ2n) is 6.49. The first-order chi connectivity index (χ1) is 11.1. The summed E-state index contributed by atoms with van der Waals surface area (Å²) in [6, 6.07) is 14.4. The maximum atomic E-state index is 11.3. The summed E-state index contributed by atoms with van der Waals surface area (Å²) < 4.78 is 0. The zero-order valence-electron chi connectivity index (χ0n) is 13.0. The summed E-state index contributed by atoms with van der Waals surface area (Å²) in [5, 5.41) is 12.9. The second-order valence-corrected chi connectivity index (χ2v) is 6.49. The molecule has 0 radical (unpaired) electrons. The molecule has 0 saturated carbocycles. The van der Waals surface area contributed by atoms with Crippen LogP contribution in [0.1, 0.15) is 45.4 Å². The number of aryl methyl sites for hydroxylation is 1. The van der Waals surface area contributed by atoms with Gasteiger partial charge in [0, 0.05) is 11.6 Å². The Labute approximate surface area is 135 Å². The molecule has 0 aromatic heterocycles. The number of hydrogen-bond donors (Lipinski definition) is 2. The van der Waals surface area contributed by atoms with Crippen LogP contribution in [0.15, 0.2) is 54.6 Å². The molecule has 0 unspecified atom stereocenters. The molecule has 2 N–H and O–H groups in total. The Balaban J connectivity index is 1.77. The Morgan fingerprint density at radius 3 is 2.70 bits per heavy atom. The van der Waals surface area contributed by atoms with E-state index in [1.54, 1.807) is 6.07 Å². The fourth-order valence-corrected chi connectivity index (χ4v) is 3.83. The fourth-order valence-electron chi connectivity index (χ4n) is 3.83. The molecule has 0 bridgehead atoms. The van der Waals surface area contributed by atoms with Crippen LogP contribution < -0.4 is 5.32 Å². The largest absolute Gasteiger partial charge is 0.478 e. The van der Waals surface area contributed by atoms with Crippen molar-refractivity contribution in [2.75, 3.05) is 5.32 Å². The van der Waals surface area contributed by atoms with Gasteiger partial charge in [-0.15, -0.1) is 0 Å². The number of carboxylic acids is 1. The van der Waals surface area contributed by atoms with Gasteiger partial charge >= 0.3 is 5.97 Å². The molecule has 1 aliphatic heterocycles. The van der Waals surface area contributed by atoms with E-state index in [0.29, 0.717) is 11.5 Å². The summed E-state index contributed by atoms with van der Waals surface area (Å²) >= 11 is 0. The number of rotatable bonds is 2. The van der Waals surface area contributed by atoms with Crippen molar-refractivity contribution in [1.29, 1.82) is 0 Å². The molecule has 2 aromatic carbocycles. The van der Waals surface area contributed by atoms with E-state index >= 15 is 0 Å². The summed E-state index contributed by atoms with van der Waals surface area (Å²) in [5.74, 6) is -0.141. The predicted octanol–water partition coefficient (Wildman–Crippen LogP) is 4.52. The summed E-state index contributed by atoms with van der Waals surface area (Å²) in [6.45, 7) is 2.10. The highest BCUT2D eigenvalue weighted by molar-refractivity contribution is 5.89. The van der Waals surface area contributed by atoms with Gasteiger partial charge in [0.1, 0.15) is 0 Å². The zero-order valence-corrected chi connectivity index (χ0v) is 13.0. The molecule has 1 heterocycles. The number of aromatic carboxylic acids is 1. The van der Waals surface area contributed by atoms with E-state index in [0.717, 1.165) is 17.7 Å². The molecule has 3 heteroatoms. The minimum absolute atomic E-state index is 0.263. The van der Waals surface area contributed by atoms with E-state index in [-0.39, 0.29) is 12.0 Å². The van der Waals surface area contributed by atoms with Gasteiger partial charge in [0.25, 0.3) is 0 Å². The summed E-state index contributed by atoms with van der Waals surface area (Å²) in [4.78, 5) is 11.3. The summed E-state index contributed by atoms with van der Waals surface area (Å²) in [5.41, 5.74) is 5.07. The molecule has 116 valence electrons. The van der Waals surface area contributed by atoms with Gasteiger partial charge in [0.05, 0.1) is 11.6 Å². The third kappa shape index (κ3) is 2.33. The number of carbonyl (C=O) groups is 1. The van der Waals surface area contributed by atoms with Crippen LogP contribution in [0.3, 0.4) is 0 Å². The molecular formula is C20H19NO2. The van der Waals surface area contributed by atoms with Crippen molar-refractivity contribution >= 4 is 11.7 Å². The van der Waals surface area contributed by atoms with E-state index in [1.165, 1.54) is 11.1 Å². The lowest BCUT2D eigenvalue weighted by Crippen LogP contribution is -2.29. The molecular weight excluding hydrogens is 286 g/mol. The van der Waals surface area contributed by atoms with Gasteiger partial charge in [-0.1, -0.05) is 42.0 Å². The van der Waals surface area contributed by atoms with Crippen LogP contribution in [-0.2, 0) is 0 Å². The van der Waals surface area contributed by atoms with Crippen molar-refractivity contribution in [3.63, 3.8) is 0 Å². The highest BCUT2D eigenvalue weighted by Crippen LogP contribution is 2.49.